The van der Waals surface area contributed by atoms with Crippen molar-refractivity contribution in [1.82, 2.24) is 0 Å². The summed E-state index contributed by atoms with van der Waals surface area (Å²) in [6.45, 7) is 0.586. The van der Waals surface area contributed by atoms with Crippen LogP contribution in [0.1, 0.15) is 0 Å². The fourth-order valence-electron chi connectivity index (χ4n) is 0.218. The molecule has 0 heterocycles. The maximum atomic E-state index is 4.87. The van der Waals surface area contributed by atoms with Crippen LogP contribution in [0.3, 0.4) is 0 Å². The minimum Gasteiger partial charge on any atom is -0.431 e. The van der Waals surface area contributed by atoms with E-state index in [2.05, 4.69) is 49.7 Å². The first-order valence-electron chi connectivity index (χ1n) is 2.10. The Hall–Kier alpha value is 2.58. The molecular weight excluding hydrogens is 238 g/mol. The molecule has 0 aliphatic heterocycles. The number of ether oxygens (including phenoxy) is 1. The van der Waals surface area contributed by atoms with Gasteiger partial charge in [0.25, 0.3) is 0 Å². The predicted molar refractivity (Wildman–Crippen MR) is 50.7 cm³/mol. The maximum Gasteiger partial charge on any atom is 1.00 e. The molecule has 0 amide bonds. The van der Waals surface area contributed by atoms with E-state index >= 15 is 0 Å². The number of rotatable bonds is 4. The molecule has 0 aliphatic rings. The first-order chi connectivity index (χ1) is 4.13. The van der Waals surface area contributed by atoms with E-state index in [1.54, 1.807) is 0 Å². The molecule has 0 aliphatic carbocycles. The molecule has 0 unspecified atom stereocenters. The van der Waals surface area contributed by atoms with Gasteiger partial charge in [-0.25, -0.2) is 0 Å². The molecule has 11 heavy (non-hydrogen) atoms. The Bertz CT molecular complexity index is 115. The van der Waals surface area contributed by atoms with Crippen LogP contribution in [0.4, 0.5) is 0 Å². The van der Waals surface area contributed by atoms with E-state index in [9.17, 15) is 0 Å². The Kier molecular flexibility index (Phi) is 22.0. The summed E-state index contributed by atoms with van der Waals surface area (Å²) < 4.78 is 5.67. The Morgan fingerprint density at radius 3 is 1.45 bits per heavy atom. The van der Waals surface area contributed by atoms with Crippen LogP contribution in [-0.4, -0.2) is 21.6 Å². The summed E-state index contributed by atoms with van der Waals surface area (Å²) in [7, 11) is 0. The molecule has 7 heteroatoms. The molecule has 0 aromatic rings. The Labute approximate surface area is 133 Å². The second-order valence-electron chi connectivity index (χ2n) is 1.24. The molecule has 0 bridgehead atoms. The average Bonchev–Trinajstić information content (AvgIpc) is 1.63. The van der Waals surface area contributed by atoms with Crippen molar-refractivity contribution >= 4 is 58.1 Å². The average molecular weight is 242 g/mol. The molecule has 0 saturated heterocycles. The molecule has 0 radical (unpaired) electrons. The van der Waals surface area contributed by atoms with Gasteiger partial charge < -0.3 is 54.4 Å². The van der Waals surface area contributed by atoms with E-state index < -0.39 is 0 Å². The Morgan fingerprint density at radius 1 is 1.00 bits per heavy atom. The molecule has 0 spiro atoms. The first-order valence-corrected chi connectivity index (χ1v) is 3.73. The van der Waals surface area contributed by atoms with Crippen molar-refractivity contribution in [1.29, 1.82) is 0 Å². The smallest absolute Gasteiger partial charge is 0.431 e. The van der Waals surface area contributed by atoms with Crippen molar-refractivity contribution in [3.63, 3.8) is 0 Å². The van der Waals surface area contributed by atoms with Gasteiger partial charge in [0.15, 0.2) is 0 Å². The van der Waals surface area contributed by atoms with Gasteiger partial charge >= 0.3 is 59.1 Å². The molecule has 0 aromatic carbocycles. The second kappa shape index (κ2) is 12.6. The number of hydrogen-bond acceptors (Lipinski definition) is 5. The minimum absolute atomic E-state index is 0. The van der Waals surface area contributed by atoms with E-state index in [1.165, 1.54) is 0 Å². The van der Waals surface area contributed by atoms with E-state index in [1.807, 2.05) is 0 Å². The zero-order valence-corrected chi connectivity index (χ0v) is 13.7. The second-order valence-corrected chi connectivity index (χ2v) is 3.72. The third kappa shape index (κ3) is 19.1. The fourth-order valence-corrected chi connectivity index (χ4v) is 0.551. The molecular formula is C4H4Na2OS4. The standard InChI is InChI=1S/C4H6OS4.2Na/c6-3(7)1-5-2-4(8)9;;/h1-2H2,(H,6,7)(H,8,9);;/q;2*+1/p-2. The van der Waals surface area contributed by atoms with Crippen molar-refractivity contribution < 1.29 is 63.9 Å². The van der Waals surface area contributed by atoms with E-state index in [0.717, 1.165) is 0 Å². The molecule has 0 fully saturated rings. The van der Waals surface area contributed by atoms with Crippen molar-refractivity contribution in [2.75, 3.05) is 13.2 Å². The van der Waals surface area contributed by atoms with Crippen LogP contribution < -0.4 is 59.1 Å². The van der Waals surface area contributed by atoms with Crippen LogP contribution in [0, 0.1) is 0 Å². The van der Waals surface area contributed by atoms with Crippen molar-refractivity contribution in [2.24, 2.45) is 0 Å². The third-order valence-corrected chi connectivity index (χ3v) is 0.911. The summed E-state index contributed by atoms with van der Waals surface area (Å²) in [5, 5.41) is 0. The van der Waals surface area contributed by atoms with Gasteiger partial charge in [-0.15, -0.1) is 8.39 Å². The topological polar surface area (TPSA) is 9.23 Å². The molecule has 0 aromatic heterocycles. The van der Waals surface area contributed by atoms with Crippen molar-refractivity contribution in [2.45, 2.75) is 0 Å². The van der Waals surface area contributed by atoms with Gasteiger partial charge in [-0.1, -0.05) is 0 Å². The molecule has 0 N–H and O–H groups in total. The number of hydrogen-bond donors (Lipinski definition) is 0. The first kappa shape index (κ1) is 19.2. The van der Waals surface area contributed by atoms with Crippen LogP contribution in [0.2, 0.25) is 0 Å². The molecule has 0 rings (SSSR count). The fraction of sp³-hybridized carbons (Fsp3) is 0.500. The minimum atomic E-state index is 0. The van der Waals surface area contributed by atoms with Crippen LogP contribution in [0.25, 0.3) is 0 Å². The van der Waals surface area contributed by atoms with Gasteiger partial charge in [0.1, 0.15) is 0 Å². The molecule has 52 valence electrons. The van der Waals surface area contributed by atoms with Crippen LogP contribution in [-0.2, 0) is 30.0 Å². The monoisotopic (exact) mass is 242 g/mol. The van der Waals surface area contributed by atoms with Gasteiger partial charge in [0, 0.05) is 0 Å². The maximum absolute atomic E-state index is 4.87. The summed E-state index contributed by atoms with van der Waals surface area (Å²) in [5.41, 5.74) is 0. The summed E-state index contributed by atoms with van der Waals surface area (Å²) in [4.78, 5) is 0. The van der Waals surface area contributed by atoms with Gasteiger partial charge in [-0.05, 0) is 0 Å². The van der Waals surface area contributed by atoms with Gasteiger partial charge in [0.05, 0.1) is 13.2 Å². The van der Waals surface area contributed by atoms with Crippen LogP contribution in [0.5, 0.6) is 0 Å². The Balaban J connectivity index is -0.000000320. The third-order valence-electron chi connectivity index (χ3n) is 0.440. The Morgan fingerprint density at radius 2 is 1.27 bits per heavy atom. The zero-order chi connectivity index (χ0) is 7.28. The summed E-state index contributed by atoms with van der Waals surface area (Å²) in [5.74, 6) is 0. The molecule has 0 saturated carbocycles. The van der Waals surface area contributed by atoms with E-state index in [4.69, 9.17) is 4.74 Å². The summed E-state index contributed by atoms with van der Waals surface area (Å²) in [6, 6.07) is 0. The number of thiocarbonyl (C=S) groups is 2. The van der Waals surface area contributed by atoms with Crippen LogP contribution >= 0.6 is 24.4 Å². The van der Waals surface area contributed by atoms with Gasteiger partial charge in [-0.3, -0.25) is 0 Å². The van der Waals surface area contributed by atoms with Crippen molar-refractivity contribution in [3.05, 3.63) is 0 Å². The van der Waals surface area contributed by atoms with E-state index in [-0.39, 0.29) is 59.1 Å². The summed E-state index contributed by atoms with van der Waals surface area (Å²) in [6.07, 6.45) is 0. The quantitative estimate of drug-likeness (QED) is 0.276. The summed E-state index contributed by atoms with van der Waals surface area (Å²) >= 11 is 18.2. The van der Waals surface area contributed by atoms with Crippen molar-refractivity contribution in [3.8, 4) is 0 Å². The normalized spacial score (nSPS) is 7.27. The van der Waals surface area contributed by atoms with Gasteiger partial charge in [-0.2, -0.15) is 0 Å². The van der Waals surface area contributed by atoms with Crippen LogP contribution in [0.15, 0.2) is 0 Å². The largest absolute Gasteiger partial charge is 1.00 e. The van der Waals surface area contributed by atoms with Gasteiger partial charge in [0.2, 0.25) is 0 Å². The van der Waals surface area contributed by atoms with E-state index in [0.29, 0.717) is 21.6 Å². The molecule has 1 nitrogen and oxygen atoms in total. The molecule has 0 atom stereocenters. The zero-order valence-electron chi connectivity index (χ0n) is 6.46. The SMILES string of the molecule is S=C([S-])COCC(=S)[S-].[Na+].[Na+]. The predicted octanol–water partition coefficient (Wildman–Crippen LogP) is -5.24.